The van der Waals surface area contributed by atoms with Gasteiger partial charge in [0, 0.05) is 20.9 Å². The first-order chi connectivity index (χ1) is 9.49. The van der Waals surface area contributed by atoms with Crippen LogP contribution in [0.5, 0.6) is 0 Å². The molecule has 2 rings (SSSR count). The van der Waals surface area contributed by atoms with Crippen LogP contribution in [0.2, 0.25) is 0 Å². The quantitative estimate of drug-likeness (QED) is 0.396. The SMILES string of the molecule is Cc1ccc(Br)c(C(Br)Cc2ccccc2[N+](=O)[O-])c1. The molecule has 0 spiro atoms. The number of aryl methyl sites for hydroxylation is 1. The molecule has 0 saturated heterocycles. The maximum Gasteiger partial charge on any atom is 0.272 e. The first-order valence-electron chi connectivity index (χ1n) is 6.11. The first-order valence-corrected chi connectivity index (χ1v) is 7.82. The summed E-state index contributed by atoms with van der Waals surface area (Å²) in [6.07, 6.45) is 0.569. The summed E-state index contributed by atoms with van der Waals surface area (Å²) in [6.45, 7) is 2.03. The molecule has 5 heteroatoms. The van der Waals surface area contributed by atoms with Crippen molar-refractivity contribution in [1.29, 1.82) is 0 Å². The minimum Gasteiger partial charge on any atom is -0.258 e. The van der Waals surface area contributed by atoms with Gasteiger partial charge in [0.15, 0.2) is 0 Å². The van der Waals surface area contributed by atoms with Crippen molar-refractivity contribution in [3.05, 3.63) is 73.7 Å². The summed E-state index contributed by atoms with van der Waals surface area (Å²) in [5.74, 6) is 0. The molecule has 0 aromatic heterocycles. The maximum absolute atomic E-state index is 11.0. The molecule has 0 N–H and O–H groups in total. The van der Waals surface area contributed by atoms with E-state index in [4.69, 9.17) is 0 Å². The van der Waals surface area contributed by atoms with Crippen LogP contribution in [0.4, 0.5) is 5.69 Å². The maximum atomic E-state index is 11.0. The van der Waals surface area contributed by atoms with E-state index in [-0.39, 0.29) is 15.4 Å². The van der Waals surface area contributed by atoms with Crippen LogP contribution in [0.3, 0.4) is 0 Å². The van der Waals surface area contributed by atoms with Gasteiger partial charge in [-0.05, 0) is 25.0 Å². The van der Waals surface area contributed by atoms with Crippen molar-refractivity contribution >= 4 is 37.5 Å². The minimum absolute atomic E-state index is 0.0258. The second-order valence-corrected chi connectivity index (χ2v) is 6.54. The number of nitrogens with zero attached hydrogens (tertiary/aromatic N) is 1. The van der Waals surface area contributed by atoms with Crippen LogP contribution in [0.25, 0.3) is 0 Å². The highest BCUT2D eigenvalue weighted by molar-refractivity contribution is 9.11. The number of rotatable bonds is 4. The molecule has 2 aromatic carbocycles. The van der Waals surface area contributed by atoms with Crippen molar-refractivity contribution in [2.24, 2.45) is 0 Å². The fourth-order valence-electron chi connectivity index (χ4n) is 2.07. The molecule has 0 saturated carbocycles. The fourth-order valence-corrected chi connectivity index (χ4v) is 3.63. The van der Waals surface area contributed by atoms with Gasteiger partial charge in [0.05, 0.1) is 4.92 Å². The van der Waals surface area contributed by atoms with Crippen molar-refractivity contribution in [2.75, 3.05) is 0 Å². The van der Waals surface area contributed by atoms with Gasteiger partial charge in [-0.2, -0.15) is 0 Å². The Kier molecular flexibility index (Phi) is 4.94. The van der Waals surface area contributed by atoms with Crippen LogP contribution >= 0.6 is 31.9 Å². The standard InChI is InChI=1S/C15H13Br2NO2/c1-10-6-7-13(16)12(8-10)14(17)9-11-4-2-3-5-15(11)18(19)20/h2-8,14H,9H2,1H3. The van der Waals surface area contributed by atoms with Gasteiger partial charge < -0.3 is 0 Å². The summed E-state index contributed by atoms with van der Waals surface area (Å²) in [7, 11) is 0. The Labute approximate surface area is 134 Å². The molecule has 0 radical (unpaired) electrons. The van der Waals surface area contributed by atoms with E-state index < -0.39 is 0 Å². The summed E-state index contributed by atoms with van der Waals surface area (Å²) in [5, 5.41) is 11.0. The molecule has 0 heterocycles. The lowest BCUT2D eigenvalue weighted by Crippen LogP contribution is -2.01. The molecule has 0 bridgehead atoms. The minimum atomic E-state index is -0.333. The number of nitro groups is 1. The summed E-state index contributed by atoms with van der Waals surface area (Å²) in [5.41, 5.74) is 3.16. The highest BCUT2D eigenvalue weighted by atomic mass is 79.9. The zero-order chi connectivity index (χ0) is 14.7. The molecule has 1 unspecified atom stereocenters. The van der Waals surface area contributed by atoms with E-state index in [1.807, 2.05) is 25.1 Å². The van der Waals surface area contributed by atoms with Crippen molar-refractivity contribution in [3.8, 4) is 0 Å². The van der Waals surface area contributed by atoms with Crippen molar-refractivity contribution in [2.45, 2.75) is 18.2 Å². The van der Waals surface area contributed by atoms with E-state index in [0.29, 0.717) is 6.42 Å². The van der Waals surface area contributed by atoms with Gasteiger partial charge in [0.25, 0.3) is 5.69 Å². The van der Waals surface area contributed by atoms with E-state index in [1.165, 1.54) is 0 Å². The lowest BCUT2D eigenvalue weighted by atomic mass is 10.0. The molecule has 0 fully saturated rings. The lowest BCUT2D eigenvalue weighted by molar-refractivity contribution is -0.385. The monoisotopic (exact) mass is 397 g/mol. The Morgan fingerprint density at radius 1 is 1.25 bits per heavy atom. The highest BCUT2D eigenvalue weighted by Gasteiger charge is 2.18. The van der Waals surface area contributed by atoms with Gasteiger partial charge in [0.2, 0.25) is 0 Å². The summed E-state index contributed by atoms with van der Waals surface area (Å²) in [4.78, 5) is 10.7. The molecule has 0 amide bonds. The molecule has 3 nitrogen and oxygen atoms in total. The highest BCUT2D eigenvalue weighted by Crippen LogP contribution is 2.35. The van der Waals surface area contributed by atoms with Gasteiger partial charge in [0.1, 0.15) is 0 Å². The smallest absolute Gasteiger partial charge is 0.258 e. The number of hydrogen-bond donors (Lipinski definition) is 0. The average molecular weight is 399 g/mol. The molecular formula is C15H13Br2NO2. The van der Waals surface area contributed by atoms with Crippen molar-refractivity contribution < 1.29 is 4.92 Å². The van der Waals surface area contributed by atoms with Crippen molar-refractivity contribution in [1.82, 2.24) is 0 Å². The molecule has 0 aliphatic rings. The average Bonchev–Trinajstić information content (AvgIpc) is 2.41. The summed E-state index contributed by atoms with van der Waals surface area (Å²) in [6, 6.07) is 13.0. The zero-order valence-corrected chi connectivity index (χ0v) is 14.0. The Morgan fingerprint density at radius 3 is 2.65 bits per heavy atom. The van der Waals surface area contributed by atoms with Crippen LogP contribution in [0, 0.1) is 17.0 Å². The van der Waals surface area contributed by atoms with E-state index in [2.05, 4.69) is 37.9 Å². The summed E-state index contributed by atoms with van der Waals surface area (Å²) >= 11 is 7.17. The Balaban J connectivity index is 2.30. The Morgan fingerprint density at radius 2 is 1.95 bits per heavy atom. The molecule has 104 valence electrons. The van der Waals surface area contributed by atoms with Crippen molar-refractivity contribution in [3.63, 3.8) is 0 Å². The molecule has 1 atom stereocenters. The third-order valence-corrected chi connectivity index (χ3v) is 4.62. The van der Waals surface area contributed by atoms with Crippen LogP contribution in [0.15, 0.2) is 46.9 Å². The third kappa shape index (κ3) is 3.46. The van der Waals surface area contributed by atoms with Crippen LogP contribution in [0.1, 0.15) is 21.5 Å². The molecule has 0 aliphatic heterocycles. The third-order valence-electron chi connectivity index (χ3n) is 3.08. The van der Waals surface area contributed by atoms with Gasteiger partial charge >= 0.3 is 0 Å². The van der Waals surface area contributed by atoms with E-state index in [1.54, 1.807) is 18.2 Å². The largest absolute Gasteiger partial charge is 0.272 e. The lowest BCUT2D eigenvalue weighted by Gasteiger charge is -2.13. The number of alkyl halides is 1. The summed E-state index contributed by atoms with van der Waals surface area (Å²) < 4.78 is 1.00. The van der Waals surface area contributed by atoms with Gasteiger partial charge in [-0.25, -0.2) is 0 Å². The fraction of sp³-hybridized carbons (Fsp3) is 0.200. The van der Waals surface area contributed by atoms with Crippen LogP contribution in [-0.4, -0.2) is 4.92 Å². The predicted octanol–water partition coefficient (Wildman–Crippen LogP) is 5.34. The second-order valence-electron chi connectivity index (χ2n) is 4.58. The number of benzene rings is 2. The Bertz CT molecular complexity index is 644. The van der Waals surface area contributed by atoms with Gasteiger partial charge in [-0.3, -0.25) is 10.1 Å². The van der Waals surface area contributed by atoms with Gasteiger partial charge in [-0.1, -0.05) is 67.8 Å². The molecule has 0 aliphatic carbocycles. The number of para-hydroxylation sites is 1. The van der Waals surface area contributed by atoms with Gasteiger partial charge in [-0.15, -0.1) is 0 Å². The number of nitro benzene ring substituents is 1. The predicted molar refractivity (Wildman–Crippen MR) is 87.3 cm³/mol. The first kappa shape index (κ1) is 15.2. The zero-order valence-electron chi connectivity index (χ0n) is 10.8. The van der Waals surface area contributed by atoms with Crippen LogP contribution in [-0.2, 0) is 6.42 Å². The van der Waals surface area contributed by atoms with E-state index in [9.17, 15) is 10.1 Å². The van der Waals surface area contributed by atoms with E-state index in [0.717, 1.165) is 21.2 Å². The van der Waals surface area contributed by atoms with Crippen LogP contribution < -0.4 is 0 Å². The number of halogens is 2. The molecule has 2 aromatic rings. The van der Waals surface area contributed by atoms with E-state index >= 15 is 0 Å². The normalized spacial score (nSPS) is 12.2. The molecule has 20 heavy (non-hydrogen) atoms. The molecular weight excluding hydrogens is 386 g/mol. The second kappa shape index (κ2) is 6.50. The number of hydrogen-bond acceptors (Lipinski definition) is 2. The Hall–Kier alpha value is -1.20. The topological polar surface area (TPSA) is 43.1 Å².